The Morgan fingerprint density at radius 2 is 1.82 bits per heavy atom. The smallest absolute Gasteiger partial charge is 0.258 e. The molecule has 0 spiro atoms. The molecule has 0 unspecified atom stereocenters. The molecular weight excluding hydrogens is 457 g/mol. The molecule has 0 saturated heterocycles. The quantitative estimate of drug-likeness (QED) is 0.396. The van der Waals surface area contributed by atoms with Crippen LogP contribution in [0.4, 0.5) is 10.1 Å². The van der Waals surface area contributed by atoms with Gasteiger partial charge in [0.15, 0.2) is 9.84 Å². The van der Waals surface area contributed by atoms with Gasteiger partial charge in [-0.1, -0.05) is 18.2 Å². The van der Waals surface area contributed by atoms with Crippen LogP contribution in [0.5, 0.6) is 0 Å². The number of imidazole rings is 1. The van der Waals surface area contributed by atoms with Crippen LogP contribution in [0.2, 0.25) is 0 Å². The lowest BCUT2D eigenvalue weighted by Crippen LogP contribution is -2.16. The number of anilines is 1. The first-order chi connectivity index (χ1) is 16.3. The highest BCUT2D eigenvalue weighted by Crippen LogP contribution is 2.27. The lowest BCUT2D eigenvalue weighted by Gasteiger charge is -2.11. The van der Waals surface area contributed by atoms with Gasteiger partial charge in [0.2, 0.25) is 0 Å². The molecule has 2 N–H and O–H groups in total. The summed E-state index contributed by atoms with van der Waals surface area (Å²) in [6, 6.07) is 14.0. The number of benzene rings is 2. The average Bonchev–Trinajstić information content (AvgIpc) is 3.48. The van der Waals surface area contributed by atoms with Gasteiger partial charge in [-0.05, 0) is 36.4 Å². The van der Waals surface area contributed by atoms with Gasteiger partial charge in [0.1, 0.15) is 11.5 Å². The van der Waals surface area contributed by atoms with E-state index in [1.165, 1.54) is 24.3 Å². The number of amides is 1. The predicted octanol–water partition coefficient (Wildman–Crippen LogP) is 4.19. The zero-order valence-electron chi connectivity index (χ0n) is 17.9. The van der Waals surface area contributed by atoms with E-state index in [1.54, 1.807) is 36.8 Å². The molecule has 3 heterocycles. The molecule has 2 aromatic carbocycles. The number of pyridine rings is 1. The normalized spacial score (nSPS) is 11.6. The summed E-state index contributed by atoms with van der Waals surface area (Å²) in [4.78, 5) is 17.1. The molecular formula is C24H18FN5O3S. The van der Waals surface area contributed by atoms with Crippen molar-refractivity contribution in [2.75, 3.05) is 11.6 Å². The van der Waals surface area contributed by atoms with Crippen molar-refractivity contribution in [2.24, 2.45) is 0 Å². The summed E-state index contributed by atoms with van der Waals surface area (Å²) in [5, 5.41) is 9.23. The van der Waals surface area contributed by atoms with Crippen LogP contribution in [0.1, 0.15) is 10.4 Å². The highest BCUT2D eigenvalue weighted by molar-refractivity contribution is 7.90. The van der Waals surface area contributed by atoms with Crippen molar-refractivity contribution < 1.29 is 17.6 Å². The topological polar surface area (TPSA) is 109 Å². The number of rotatable bonds is 5. The van der Waals surface area contributed by atoms with Crippen molar-refractivity contribution in [3.8, 4) is 22.4 Å². The van der Waals surface area contributed by atoms with Gasteiger partial charge in [0.05, 0.1) is 34.2 Å². The van der Waals surface area contributed by atoms with Gasteiger partial charge in [-0.3, -0.25) is 14.3 Å². The van der Waals surface area contributed by atoms with E-state index in [2.05, 4.69) is 20.5 Å². The molecule has 0 bridgehead atoms. The molecule has 0 fully saturated rings. The van der Waals surface area contributed by atoms with Crippen molar-refractivity contribution in [2.45, 2.75) is 4.90 Å². The Balaban J connectivity index is 1.48. The van der Waals surface area contributed by atoms with Gasteiger partial charge in [-0.2, -0.15) is 5.10 Å². The Labute approximate surface area is 194 Å². The summed E-state index contributed by atoms with van der Waals surface area (Å²) in [7, 11) is -3.57. The Bertz CT molecular complexity index is 1640. The molecule has 0 aliphatic heterocycles. The Morgan fingerprint density at radius 3 is 2.56 bits per heavy atom. The number of carbonyl (C=O) groups excluding carboxylic acids is 1. The summed E-state index contributed by atoms with van der Waals surface area (Å²) in [6.07, 6.45) is 8.02. The first kappa shape index (κ1) is 21.5. The molecule has 0 atom stereocenters. The van der Waals surface area contributed by atoms with E-state index in [0.717, 1.165) is 17.4 Å². The van der Waals surface area contributed by atoms with Crippen LogP contribution in [-0.2, 0) is 9.84 Å². The zero-order valence-corrected chi connectivity index (χ0v) is 18.7. The maximum atomic E-state index is 15.0. The summed E-state index contributed by atoms with van der Waals surface area (Å²) in [6.45, 7) is 0. The van der Waals surface area contributed by atoms with Crippen LogP contribution in [0, 0.1) is 5.82 Å². The Kier molecular flexibility index (Phi) is 5.21. The highest BCUT2D eigenvalue weighted by Gasteiger charge is 2.18. The maximum absolute atomic E-state index is 15.0. The second-order valence-corrected chi connectivity index (χ2v) is 9.68. The number of fused-ring (bicyclic) bond motifs is 1. The minimum atomic E-state index is -3.57. The maximum Gasteiger partial charge on any atom is 0.258 e. The number of carbonyl (C=O) groups is 1. The molecule has 34 heavy (non-hydrogen) atoms. The van der Waals surface area contributed by atoms with Gasteiger partial charge >= 0.3 is 0 Å². The Hall–Kier alpha value is -4.31. The number of aromatic nitrogens is 4. The van der Waals surface area contributed by atoms with Crippen LogP contribution >= 0.6 is 0 Å². The van der Waals surface area contributed by atoms with Gasteiger partial charge in [0.25, 0.3) is 5.91 Å². The van der Waals surface area contributed by atoms with Crippen LogP contribution < -0.4 is 5.32 Å². The number of hydrogen-bond donors (Lipinski definition) is 2. The number of sulfone groups is 1. The molecule has 10 heteroatoms. The van der Waals surface area contributed by atoms with Crippen LogP contribution in [0.15, 0.2) is 84.3 Å². The van der Waals surface area contributed by atoms with Gasteiger partial charge in [-0.15, -0.1) is 0 Å². The minimum absolute atomic E-state index is 0.0421. The SMILES string of the molecule is CS(=O)(=O)c1ccccc1NC(=O)c1ccc(-c2cnc3ccc(-c4cn[nH]c4)cn23)cc1F. The number of nitrogens with zero attached hydrogens (tertiary/aromatic N) is 3. The fourth-order valence-electron chi connectivity index (χ4n) is 3.72. The van der Waals surface area contributed by atoms with Crippen molar-refractivity contribution in [3.05, 3.63) is 90.8 Å². The van der Waals surface area contributed by atoms with E-state index in [-0.39, 0.29) is 16.1 Å². The lowest BCUT2D eigenvalue weighted by molar-refractivity contribution is 0.102. The highest BCUT2D eigenvalue weighted by atomic mass is 32.2. The third-order valence-electron chi connectivity index (χ3n) is 5.38. The monoisotopic (exact) mass is 475 g/mol. The first-order valence-electron chi connectivity index (χ1n) is 10.2. The number of H-pyrrole nitrogens is 1. The fourth-order valence-corrected chi connectivity index (χ4v) is 4.56. The molecule has 5 rings (SSSR count). The molecule has 0 aliphatic carbocycles. The van der Waals surface area contributed by atoms with Crippen LogP contribution in [-0.4, -0.2) is 40.2 Å². The summed E-state index contributed by atoms with van der Waals surface area (Å²) in [5.41, 5.74) is 3.54. The number of para-hydroxylation sites is 1. The molecule has 3 aromatic heterocycles. The van der Waals surface area contributed by atoms with Crippen molar-refractivity contribution in [3.63, 3.8) is 0 Å². The molecule has 5 aromatic rings. The standard InChI is InChI=1S/C24H18FN5O3S/c1-34(32,33)22-5-3-2-4-20(22)29-24(31)18-8-6-15(10-19(18)25)21-13-26-23-9-7-16(14-30(21)23)17-11-27-28-12-17/h2-14H,1H3,(H,27,28)(H,29,31). The third kappa shape index (κ3) is 3.95. The second kappa shape index (κ2) is 8.23. The van der Waals surface area contributed by atoms with E-state index in [1.807, 2.05) is 22.7 Å². The fraction of sp³-hybridized carbons (Fsp3) is 0.0417. The predicted molar refractivity (Wildman–Crippen MR) is 126 cm³/mol. The average molecular weight is 476 g/mol. The molecule has 0 aliphatic rings. The number of aromatic amines is 1. The Morgan fingerprint density at radius 1 is 1.03 bits per heavy atom. The molecule has 0 saturated carbocycles. The van der Waals surface area contributed by atoms with Crippen LogP contribution in [0.25, 0.3) is 28.0 Å². The van der Waals surface area contributed by atoms with E-state index < -0.39 is 21.6 Å². The van der Waals surface area contributed by atoms with Crippen LogP contribution in [0.3, 0.4) is 0 Å². The number of halogens is 1. The second-order valence-electron chi connectivity index (χ2n) is 7.69. The van der Waals surface area contributed by atoms with E-state index in [9.17, 15) is 13.2 Å². The molecule has 1 amide bonds. The van der Waals surface area contributed by atoms with Crippen molar-refractivity contribution in [1.82, 2.24) is 19.6 Å². The molecule has 8 nitrogen and oxygen atoms in total. The van der Waals surface area contributed by atoms with Gasteiger partial charge in [-0.25, -0.2) is 17.8 Å². The van der Waals surface area contributed by atoms with Gasteiger partial charge in [0, 0.05) is 35.3 Å². The third-order valence-corrected chi connectivity index (χ3v) is 6.54. The first-order valence-corrected chi connectivity index (χ1v) is 12.1. The van der Waals surface area contributed by atoms with Crippen molar-refractivity contribution in [1.29, 1.82) is 0 Å². The zero-order chi connectivity index (χ0) is 23.9. The van der Waals surface area contributed by atoms with Gasteiger partial charge < -0.3 is 5.32 Å². The molecule has 170 valence electrons. The minimum Gasteiger partial charge on any atom is -0.321 e. The summed E-state index contributed by atoms with van der Waals surface area (Å²) >= 11 is 0. The number of nitrogens with one attached hydrogen (secondary N) is 2. The van der Waals surface area contributed by atoms with E-state index in [0.29, 0.717) is 16.9 Å². The largest absolute Gasteiger partial charge is 0.321 e. The number of hydrogen-bond acceptors (Lipinski definition) is 5. The molecule has 0 radical (unpaired) electrons. The lowest BCUT2D eigenvalue weighted by atomic mass is 10.1. The van der Waals surface area contributed by atoms with Crippen molar-refractivity contribution >= 4 is 27.1 Å². The van der Waals surface area contributed by atoms with E-state index >= 15 is 4.39 Å². The summed E-state index contributed by atoms with van der Waals surface area (Å²) < 4.78 is 40.8. The summed E-state index contributed by atoms with van der Waals surface area (Å²) in [5.74, 6) is -1.49. The van der Waals surface area contributed by atoms with E-state index in [4.69, 9.17) is 0 Å².